The van der Waals surface area contributed by atoms with Crippen LogP contribution in [0.3, 0.4) is 0 Å². The molecular weight excluding hydrogens is 430 g/mol. The Morgan fingerprint density at radius 2 is 1.85 bits per heavy atom. The van der Waals surface area contributed by atoms with Gasteiger partial charge in [-0.15, -0.1) is 0 Å². The molecule has 2 aromatic rings. The molecule has 2 fully saturated rings. The normalized spacial score (nSPS) is 26.4. The fourth-order valence-electron chi connectivity index (χ4n) is 6.48. The number of hydrogen-bond acceptors (Lipinski definition) is 5. The first-order valence-corrected chi connectivity index (χ1v) is 12.6. The van der Waals surface area contributed by atoms with Gasteiger partial charge in [0.1, 0.15) is 5.75 Å². The number of carbonyl (C=O) groups is 1. The van der Waals surface area contributed by atoms with Crippen LogP contribution in [0.1, 0.15) is 44.3 Å². The molecule has 0 spiro atoms. The molecule has 0 bridgehead atoms. The smallest absolute Gasteiger partial charge is 0.258 e. The van der Waals surface area contributed by atoms with Gasteiger partial charge in [0.05, 0.1) is 24.8 Å². The van der Waals surface area contributed by atoms with E-state index in [0.717, 1.165) is 50.2 Å². The van der Waals surface area contributed by atoms with Gasteiger partial charge < -0.3 is 19.3 Å². The number of aromatic nitrogens is 1. The van der Waals surface area contributed by atoms with Gasteiger partial charge in [-0.25, -0.2) is 0 Å². The minimum atomic E-state index is -0.323. The van der Waals surface area contributed by atoms with Gasteiger partial charge in [-0.2, -0.15) is 0 Å². The summed E-state index contributed by atoms with van der Waals surface area (Å²) in [5.74, 6) is 0.684. The number of rotatable bonds is 6. The number of methoxy groups -OCH3 is 1. The number of carbonyl (C=O) groups excluding carboxylic acids is 1. The Balaban J connectivity index is 1.54. The number of likely N-dealkylation sites (tertiary alicyclic amines) is 2. The van der Waals surface area contributed by atoms with Gasteiger partial charge in [0.25, 0.3) is 5.56 Å². The maximum Gasteiger partial charge on any atom is 0.258 e. The molecule has 7 nitrogen and oxygen atoms in total. The number of fused-ring (bicyclic) bond motifs is 3. The standard InChI is InChI=1S/C27H35N3O4/c1-3-13-29-24-20(21(17-31)25(29)27(33)28-14-7-4-8-15-28)16-30-22(24)12-11-19(26(30)32)18-9-5-6-10-23(18)34-2/h5-6,9-12,20-21,24-25,31H,3-4,7-8,13-17H2,1-2H3/t20-,21-,24+,25-/m1/s1. The summed E-state index contributed by atoms with van der Waals surface area (Å²) in [5, 5.41) is 10.5. The molecule has 5 rings (SSSR count). The number of aliphatic hydroxyl groups excluding tert-OH is 1. The first-order chi connectivity index (χ1) is 16.6. The summed E-state index contributed by atoms with van der Waals surface area (Å²) in [6, 6.07) is 11.2. The highest BCUT2D eigenvalue weighted by Crippen LogP contribution is 2.49. The molecule has 0 radical (unpaired) electrons. The van der Waals surface area contributed by atoms with Crippen molar-refractivity contribution in [2.75, 3.05) is 33.4 Å². The van der Waals surface area contributed by atoms with Gasteiger partial charge in [-0.1, -0.05) is 25.1 Å². The van der Waals surface area contributed by atoms with Crippen LogP contribution in [-0.2, 0) is 11.3 Å². The highest BCUT2D eigenvalue weighted by atomic mass is 16.5. The van der Waals surface area contributed by atoms with Gasteiger partial charge in [0.15, 0.2) is 0 Å². The van der Waals surface area contributed by atoms with Crippen molar-refractivity contribution < 1.29 is 14.6 Å². The van der Waals surface area contributed by atoms with Gasteiger partial charge in [0, 0.05) is 49.3 Å². The Kier molecular flexibility index (Phi) is 6.49. The Hall–Kier alpha value is -2.64. The van der Waals surface area contributed by atoms with Gasteiger partial charge >= 0.3 is 0 Å². The molecule has 0 aliphatic carbocycles. The Bertz CT molecular complexity index is 1110. The predicted molar refractivity (Wildman–Crippen MR) is 131 cm³/mol. The van der Waals surface area contributed by atoms with Crippen LogP contribution in [0.4, 0.5) is 0 Å². The van der Waals surface area contributed by atoms with E-state index in [1.165, 1.54) is 6.42 Å². The van der Waals surface area contributed by atoms with E-state index in [1.807, 2.05) is 45.9 Å². The second kappa shape index (κ2) is 9.55. The molecule has 2 saturated heterocycles. The Morgan fingerprint density at radius 1 is 1.09 bits per heavy atom. The molecule has 1 amide bonds. The summed E-state index contributed by atoms with van der Waals surface area (Å²) in [5.41, 5.74) is 2.31. The monoisotopic (exact) mass is 465 g/mol. The lowest BCUT2D eigenvalue weighted by molar-refractivity contribution is -0.139. The first-order valence-electron chi connectivity index (χ1n) is 12.6. The minimum absolute atomic E-state index is 0.0322. The van der Waals surface area contributed by atoms with Crippen LogP contribution in [-0.4, -0.2) is 64.8 Å². The van der Waals surface area contributed by atoms with Crippen molar-refractivity contribution in [3.05, 3.63) is 52.4 Å². The van der Waals surface area contributed by atoms with E-state index in [9.17, 15) is 14.7 Å². The Labute approximate surface area is 200 Å². The summed E-state index contributed by atoms with van der Waals surface area (Å²) < 4.78 is 7.36. The van der Waals surface area contributed by atoms with E-state index in [0.29, 0.717) is 17.9 Å². The van der Waals surface area contributed by atoms with Crippen molar-refractivity contribution in [1.82, 2.24) is 14.4 Å². The first kappa shape index (κ1) is 23.1. The number of hydrogen-bond donors (Lipinski definition) is 1. The van der Waals surface area contributed by atoms with Crippen LogP contribution in [0, 0.1) is 11.8 Å². The van der Waals surface area contributed by atoms with Crippen molar-refractivity contribution in [2.45, 2.75) is 51.2 Å². The summed E-state index contributed by atoms with van der Waals surface area (Å²) in [7, 11) is 1.61. The zero-order chi connectivity index (χ0) is 23.8. The van der Waals surface area contributed by atoms with Crippen LogP contribution in [0.15, 0.2) is 41.2 Å². The maximum absolute atomic E-state index is 13.7. The number of pyridine rings is 1. The fraction of sp³-hybridized carbons (Fsp3) is 0.556. The summed E-state index contributed by atoms with van der Waals surface area (Å²) in [6.07, 6.45) is 4.18. The minimum Gasteiger partial charge on any atom is -0.496 e. The van der Waals surface area contributed by atoms with Crippen molar-refractivity contribution in [2.24, 2.45) is 11.8 Å². The number of piperidine rings is 1. The molecule has 0 unspecified atom stereocenters. The van der Waals surface area contributed by atoms with Crippen LogP contribution >= 0.6 is 0 Å². The summed E-state index contributed by atoms with van der Waals surface area (Å²) in [4.78, 5) is 31.6. The third kappa shape index (κ3) is 3.66. The average molecular weight is 466 g/mol. The van der Waals surface area contributed by atoms with Crippen LogP contribution in [0.5, 0.6) is 5.75 Å². The quantitative estimate of drug-likeness (QED) is 0.710. The lowest BCUT2D eigenvalue weighted by atomic mass is 9.88. The highest BCUT2D eigenvalue weighted by molar-refractivity contribution is 5.83. The number of nitrogens with zero attached hydrogens (tertiary/aromatic N) is 3. The fourth-order valence-corrected chi connectivity index (χ4v) is 6.48. The van der Waals surface area contributed by atoms with Gasteiger partial charge in [0.2, 0.25) is 5.91 Å². The third-order valence-corrected chi connectivity index (χ3v) is 7.99. The van der Waals surface area contributed by atoms with Gasteiger partial charge in [-0.3, -0.25) is 14.5 Å². The van der Waals surface area contributed by atoms with E-state index < -0.39 is 0 Å². The summed E-state index contributed by atoms with van der Waals surface area (Å²) in [6.45, 7) is 4.98. The number of amides is 1. The molecular formula is C27H35N3O4. The molecule has 1 aromatic heterocycles. The number of ether oxygens (including phenoxy) is 1. The molecule has 7 heteroatoms. The second-order valence-corrected chi connectivity index (χ2v) is 9.81. The molecule has 182 valence electrons. The van der Waals surface area contributed by atoms with E-state index in [-0.39, 0.29) is 42.0 Å². The van der Waals surface area contributed by atoms with Crippen molar-refractivity contribution >= 4 is 5.91 Å². The molecule has 0 saturated carbocycles. The van der Waals surface area contributed by atoms with Gasteiger partial charge in [-0.05, 0) is 50.4 Å². The zero-order valence-corrected chi connectivity index (χ0v) is 20.2. The molecule has 4 atom stereocenters. The number of aliphatic hydroxyl groups is 1. The Morgan fingerprint density at radius 3 is 2.56 bits per heavy atom. The molecule has 4 heterocycles. The summed E-state index contributed by atoms with van der Waals surface area (Å²) >= 11 is 0. The maximum atomic E-state index is 13.7. The number of para-hydroxylation sites is 1. The van der Waals surface area contributed by atoms with Crippen molar-refractivity contribution in [3.63, 3.8) is 0 Å². The number of benzene rings is 1. The topological polar surface area (TPSA) is 75.0 Å². The van der Waals surface area contributed by atoms with E-state index in [2.05, 4.69) is 11.8 Å². The SMILES string of the molecule is CCCN1[C@@H]2c3ccc(-c4ccccc4OC)c(=O)n3C[C@@H]2[C@@H](CO)[C@@H]1C(=O)N1CCCCC1. The molecule has 34 heavy (non-hydrogen) atoms. The van der Waals surface area contributed by atoms with E-state index in [4.69, 9.17) is 4.74 Å². The highest BCUT2D eigenvalue weighted by Gasteiger charge is 2.55. The van der Waals surface area contributed by atoms with E-state index >= 15 is 0 Å². The predicted octanol–water partition coefficient (Wildman–Crippen LogP) is 2.91. The van der Waals surface area contributed by atoms with Crippen molar-refractivity contribution in [3.8, 4) is 16.9 Å². The van der Waals surface area contributed by atoms with Crippen LogP contribution in [0.25, 0.3) is 11.1 Å². The van der Waals surface area contributed by atoms with Crippen molar-refractivity contribution in [1.29, 1.82) is 0 Å². The molecule has 3 aliphatic heterocycles. The zero-order valence-electron chi connectivity index (χ0n) is 20.2. The molecule has 3 aliphatic rings. The molecule has 1 aromatic carbocycles. The van der Waals surface area contributed by atoms with Crippen LogP contribution in [0.2, 0.25) is 0 Å². The molecule has 1 N–H and O–H groups in total. The second-order valence-electron chi connectivity index (χ2n) is 9.81. The largest absolute Gasteiger partial charge is 0.496 e. The lowest BCUT2D eigenvalue weighted by Gasteiger charge is -2.36. The third-order valence-electron chi connectivity index (χ3n) is 7.99. The van der Waals surface area contributed by atoms with E-state index in [1.54, 1.807) is 7.11 Å². The van der Waals surface area contributed by atoms with Crippen LogP contribution < -0.4 is 10.3 Å². The lowest BCUT2D eigenvalue weighted by Crippen LogP contribution is -2.51. The average Bonchev–Trinajstić information content (AvgIpc) is 3.40.